The van der Waals surface area contributed by atoms with Crippen molar-refractivity contribution in [1.82, 2.24) is 19.6 Å². The Bertz CT molecular complexity index is 1440. The van der Waals surface area contributed by atoms with E-state index in [1.54, 1.807) is 18.2 Å². The number of rotatable bonds is 9. The maximum absolute atomic E-state index is 13.1. The molecule has 6 N–H and O–H groups in total. The fourth-order valence-electron chi connectivity index (χ4n) is 4.45. The summed E-state index contributed by atoms with van der Waals surface area (Å²) in [4.78, 5) is 44.7. The molecule has 0 unspecified atom stereocenters. The van der Waals surface area contributed by atoms with Crippen LogP contribution in [0.4, 0.5) is 5.13 Å². The number of nitrogens with one attached hydrogen (secondary N) is 3. The van der Waals surface area contributed by atoms with Crippen molar-refractivity contribution in [3.05, 3.63) is 46.1 Å². The molecule has 3 aromatic rings. The number of carbonyl (C=O) groups excluding carboxylic acids is 2. The van der Waals surface area contributed by atoms with E-state index in [0.29, 0.717) is 61.8 Å². The standard InChI is InChI=1S/C23H28N6O6S2/c1-37(34,35)29(14-6-9-25-10-7-14)21(31)18-12-36-23(27-18)28-20(30)13-4-5-17-16(11-13)15(3-2-8-24)19(26-17)22(32)33/h4-5,11-12,14,25-26H,2-3,6-10,24H2,1H3,(H,32,33)(H,27,28,30). The van der Waals surface area contributed by atoms with Crippen LogP contribution >= 0.6 is 11.3 Å². The van der Waals surface area contributed by atoms with Crippen molar-refractivity contribution < 1.29 is 27.9 Å². The quantitative estimate of drug-likeness (QED) is 0.265. The fraction of sp³-hybridized carbons (Fsp3) is 0.391. The van der Waals surface area contributed by atoms with Gasteiger partial charge in [-0.1, -0.05) is 0 Å². The Morgan fingerprint density at radius 3 is 2.65 bits per heavy atom. The summed E-state index contributed by atoms with van der Waals surface area (Å²) in [6.45, 7) is 1.61. The highest BCUT2D eigenvalue weighted by Crippen LogP contribution is 2.27. The van der Waals surface area contributed by atoms with Crippen LogP contribution in [0.1, 0.15) is 56.2 Å². The summed E-state index contributed by atoms with van der Waals surface area (Å²) in [6, 6.07) is 4.32. The monoisotopic (exact) mass is 548 g/mol. The van der Waals surface area contributed by atoms with Gasteiger partial charge < -0.3 is 21.1 Å². The van der Waals surface area contributed by atoms with Crippen LogP contribution < -0.4 is 16.4 Å². The Kier molecular flexibility index (Phi) is 7.92. The van der Waals surface area contributed by atoms with Crippen molar-refractivity contribution in [3.8, 4) is 0 Å². The largest absolute Gasteiger partial charge is 0.477 e. The Morgan fingerprint density at radius 2 is 2.00 bits per heavy atom. The number of carboxylic acid groups (broad SMARTS) is 1. The molecule has 0 saturated carbocycles. The number of carbonyl (C=O) groups is 3. The summed E-state index contributed by atoms with van der Waals surface area (Å²) in [6.07, 6.45) is 3.03. The lowest BCUT2D eigenvalue weighted by molar-refractivity contribution is 0.0689. The molecule has 4 rings (SSSR count). The predicted molar refractivity (Wildman–Crippen MR) is 140 cm³/mol. The Labute approximate surface area is 217 Å². The predicted octanol–water partition coefficient (Wildman–Crippen LogP) is 1.62. The number of nitrogens with zero attached hydrogens (tertiary/aromatic N) is 2. The zero-order valence-electron chi connectivity index (χ0n) is 20.1. The van der Waals surface area contributed by atoms with Gasteiger partial charge in [0.2, 0.25) is 10.0 Å². The topological polar surface area (TPSA) is 188 Å². The first kappa shape index (κ1) is 26.7. The zero-order valence-corrected chi connectivity index (χ0v) is 21.7. The molecule has 1 aliphatic heterocycles. The summed E-state index contributed by atoms with van der Waals surface area (Å²) < 4.78 is 25.7. The van der Waals surface area contributed by atoms with Crippen LogP contribution in [0.25, 0.3) is 10.9 Å². The van der Waals surface area contributed by atoms with Gasteiger partial charge in [-0.25, -0.2) is 22.5 Å². The van der Waals surface area contributed by atoms with E-state index in [1.807, 2.05) is 0 Å². The van der Waals surface area contributed by atoms with Crippen molar-refractivity contribution in [2.75, 3.05) is 31.2 Å². The SMILES string of the molecule is CS(=O)(=O)N(C(=O)c1csc(NC(=O)c2ccc3[nH]c(C(=O)O)c(CCCN)c3c2)n1)C1CCNCC1. The lowest BCUT2D eigenvalue weighted by Gasteiger charge is -2.32. The molecule has 1 aromatic carbocycles. The maximum atomic E-state index is 13.1. The number of aromatic amines is 1. The number of anilines is 1. The van der Waals surface area contributed by atoms with Gasteiger partial charge in [0.05, 0.1) is 12.3 Å². The maximum Gasteiger partial charge on any atom is 0.352 e. The first-order valence-corrected chi connectivity index (χ1v) is 14.4. The van der Waals surface area contributed by atoms with Crippen molar-refractivity contribution >= 4 is 55.2 Å². The highest BCUT2D eigenvalue weighted by atomic mass is 32.2. The number of fused-ring (bicyclic) bond motifs is 1. The number of hydrogen-bond donors (Lipinski definition) is 5. The van der Waals surface area contributed by atoms with Gasteiger partial charge in [0.1, 0.15) is 11.4 Å². The van der Waals surface area contributed by atoms with Crippen LogP contribution in [-0.2, 0) is 16.4 Å². The fourth-order valence-corrected chi connectivity index (χ4v) is 6.28. The Hall–Kier alpha value is -3.33. The van der Waals surface area contributed by atoms with Gasteiger partial charge in [-0.2, -0.15) is 0 Å². The Balaban J connectivity index is 1.55. The van der Waals surface area contributed by atoms with E-state index in [4.69, 9.17) is 5.73 Å². The first-order chi connectivity index (χ1) is 17.6. The third kappa shape index (κ3) is 5.82. The van der Waals surface area contributed by atoms with Crippen molar-refractivity contribution in [1.29, 1.82) is 0 Å². The summed E-state index contributed by atoms with van der Waals surface area (Å²) in [5.74, 6) is -2.33. The molecule has 1 aliphatic rings. The minimum Gasteiger partial charge on any atom is -0.477 e. The second kappa shape index (κ2) is 11.0. The van der Waals surface area contributed by atoms with Gasteiger partial charge in [0.15, 0.2) is 5.13 Å². The third-order valence-electron chi connectivity index (χ3n) is 6.15. The van der Waals surface area contributed by atoms with Crippen LogP contribution in [0.2, 0.25) is 0 Å². The van der Waals surface area contributed by atoms with Crippen LogP contribution in [-0.4, -0.2) is 77.5 Å². The molecule has 3 heterocycles. The number of piperidine rings is 1. The summed E-state index contributed by atoms with van der Waals surface area (Å²) >= 11 is 1.01. The summed E-state index contributed by atoms with van der Waals surface area (Å²) in [5, 5.41) is 17.5. The number of hydrogen-bond acceptors (Lipinski definition) is 9. The van der Waals surface area contributed by atoms with E-state index in [-0.39, 0.29) is 22.1 Å². The van der Waals surface area contributed by atoms with Crippen LogP contribution in [0.5, 0.6) is 0 Å². The highest BCUT2D eigenvalue weighted by Gasteiger charge is 2.34. The molecule has 1 fully saturated rings. The third-order valence-corrected chi connectivity index (χ3v) is 8.09. The zero-order chi connectivity index (χ0) is 26.7. The highest BCUT2D eigenvalue weighted by molar-refractivity contribution is 7.88. The number of amides is 2. The van der Waals surface area contributed by atoms with Gasteiger partial charge in [-0.05, 0) is 69.1 Å². The van der Waals surface area contributed by atoms with E-state index in [9.17, 15) is 27.9 Å². The number of aromatic carboxylic acids is 1. The minimum atomic E-state index is -3.82. The number of nitrogens with two attached hydrogens (primary N) is 1. The van der Waals surface area contributed by atoms with Gasteiger partial charge in [-0.15, -0.1) is 11.3 Å². The van der Waals surface area contributed by atoms with Crippen molar-refractivity contribution in [2.45, 2.75) is 31.7 Å². The number of H-pyrrole nitrogens is 1. The van der Waals surface area contributed by atoms with Gasteiger partial charge >= 0.3 is 5.97 Å². The second-order valence-corrected chi connectivity index (χ2v) is 11.5. The van der Waals surface area contributed by atoms with E-state index < -0.39 is 33.8 Å². The second-order valence-electron chi connectivity index (χ2n) is 8.77. The smallest absolute Gasteiger partial charge is 0.352 e. The van der Waals surface area contributed by atoms with Gasteiger partial charge in [0.25, 0.3) is 11.8 Å². The molecular weight excluding hydrogens is 520 g/mol. The lowest BCUT2D eigenvalue weighted by Crippen LogP contribution is -2.48. The molecule has 12 nitrogen and oxygen atoms in total. The molecule has 1 saturated heterocycles. The average molecular weight is 549 g/mol. The number of sulfonamides is 1. The van der Waals surface area contributed by atoms with E-state index in [0.717, 1.165) is 21.9 Å². The summed E-state index contributed by atoms with van der Waals surface area (Å²) in [5.41, 5.74) is 7.02. The van der Waals surface area contributed by atoms with Gasteiger partial charge in [0, 0.05) is 21.8 Å². The number of aromatic nitrogens is 2. The van der Waals surface area contributed by atoms with E-state index in [1.165, 1.54) is 5.38 Å². The summed E-state index contributed by atoms with van der Waals surface area (Å²) in [7, 11) is -3.82. The number of benzene rings is 1. The van der Waals surface area contributed by atoms with Crippen LogP contribution in [0, 0.1) is 0 Å². The minimum absolute atomic E-state index is 0.0632. The molecule has 0 radical (unpaired) electrons. The molecule has 2 aromatic heterocycles. The molecule has 0 aliphatic carbocycles. The lowest BCUT2D eigenvalue weighted by atomic mass is 10.0. The number of aryl methyl sites for hydroxylation is 1. The molecule has 198 valence electrons. The van der Waals surface area contributed by atoms with Crippen molar-refractivity contribution in [2.24, 2.45) is 5.73 Å². The normalized spacial score (nSPS) is 14.5. The molecule has 2 amide bonds. The van der Waals surface area contributed by atoms with E-state index in [2.05, 4.69) is 20.6 Å². The molecule has 0 spiro atoms. The van der Waals surface area contributed by atoms with Crippen LogP contribution in [0.3, 0.4) is 0 Å². The number of carboxylic acids is 1. The van der Waals surface area contributed by atoms with Crippen molar-refractivity contribution in [3.63, 3.8) is 0 Å². The number of thiazole rings is 1. The molecule has 37 heavy (non-hydrogen) atoms. The van der Waals surface area contributed by atoms with Crippen LogP contribution in [0.15, 0.2) is 23.6 Å². The average Bonchev–Trinajstić information content (AvgIpc) is 3.47. The molecule has 0 atom stereocenters. The molecule has 14 heteroatoms. The van der Waals surface area contributed by atoms with Gasteiger partial charge in [-0.3, -0.25) is 14.9 Å². The first-order valence-electron chi connectivity index (χ1n) is 11.7. The molecule has 0 bridgehead atoms. The molecular formula is C23H28N6O6S2. The Morgan fingerprint density at radius 1 is 1.27 bits per heavy atom. The van der Waals surface area contributed by atoms with E-state index >= 15 is 0 Å².